The van der Waals surface area contributed by atoms with Crippen molar-refractivity contribution in [3.05, 3.63) is 35.9 Å². The molecule has 5 heteroatoms. The lowest BCUT2D eigenvalue weighted by Gasteiger charge is -2.03. The molecule has 1 rings (SSSR count). The van der Waals surface area contributed by atoms with Gasteiger partial charge < -0.3 is 14.7 Å². The number of hydrogen-bond donors (Lipinski definition) is 3. The fourth-order valence-electron chi connectivity index (χ4n) is 2.81. The van der Waals surface area contributed by atoms with Crippen LogP contribution in [0.1, 0.15) is 89.5 Å². The van der Waals surface area contributed by atoms with Gasteiger partial charge in [-0.3, -0.25) is 0 Å². The van der Waals surface area contributed by atoms with E-state index in [-0.39, 0.29) is 0 Å². The highest BCUT2D eigenvalue weighted by atomic mass is 31.2. The Morgan fingerprint density at radius 3 is 1.44 bits per heavy atom. The van der Waals surface area contributed by atoms with E-state index in [1.54, 1.807) is 0 Å². The van der Waals surface area contributed by atoms with E-state index in [0.29, 0.717) is 0 Å². The van der Waals surface area contributed by atoms with Crippen molar-refractivity contribution in [3.63, 3.8) is 0 Å². The van der Waals surface area contributed by atoms with Crippen molar-refractivity contribution in [3.8, 4) is 0 Å². The van der Waals surface area contributed by atoms with Crippen LogP contribution in [0.4, 0.5) is 0 Å². The highest BCUT2D eigenvalue weighted by Crippen LogP contribution is 2.25. The molecule has 1 aromatic carbocycles. The van der Waals surface area contributed by atoms with Crippen LogP contribution in [0.2, 0.25) is 0 Å². The Bertz CT molecular complexity index is 422. The van der Waals surface area contributed by atoms with Crippen LogP contribution < -0.4 is 0 Å². The molecule has 0 aliphatic rings. The predicted molar refractivity (Wildman–Crippen MR) is 105 cm³/mol. The van der Waals surface area contributed by atoms with Gasteiger partial charge in [0.05, 0.1) is 0 Å². The van der Waals surface area contributed by atoms with Crippen molar-refractivity contribution in [1.29, 1.82) is 0 Å². The van der Waals surface area contributed by atoms with Crippen LogP contribution in [-0.2, 0) is 11.0 Å². The molecule has 0 fully saturated rings. The summed E-state index contributed by atoms with van der Waals surface area (Å²) in [6.07, 6.45) is 18.5. The van der Waals surface area contributed by atoms with Crippen LogP contribution in [0, 0.1) is 0 Å². The second-order valence-corrected chi connectivity index (χ2v) is 7.66. The minimum atomic E-state index is -4.64. The zero-order chi connectivity index (χ0) is 18.8. The van der Waals surface area contributed by atoms with E-state index in [1.807, 2.05) is 0 Å². The zero-order valence-electron chi connectivity index (χ0n) is 15.8. The van der Waals surface area contributed by atoms with Gasteiger partial charge in [-0.25, -0.2) is 4.57 Å². The first-order chi connectivity index (χ1) is 11.9. The number of hydrogen-bond acceptors (Lipinski definition) is 1. The third-order valence-corrected chi connectivity index (χ3v) is 4.16. The van der Waals surface area contributed by atoms with E-state index in [2.05, 4.69) is 37.3 Å². The third-order valence-electron chi connectivity index (χ3n) is 4.16. The molecule has 0 atom stereocenters. The topological polar surface area (TPSA) is 77.8 Å². The van der Waals surface area contributed by atoms with Crippen LogP contribution >= 0.6 is 7.82 Å². The van der Waals surface area contributed by atoms with Crippen LogP contribution in [0.5, 0.6) is 0 Å². The van der Waals surface area contributed by atoms with E-state index < -0.39 is 7.82 Å². The Labute approximate surface area is 153 Å². The summed E-state index contributed by atoms with van der Waals surface area (Å²) in [7, 11) is -4.64. The maximum Gasteiger partial charge on any atom is 0.466 e. The first-order valence-electron chi connectivity index (χ1n) is 9.75. The summed E-state index contributed by atoms with van der Waals surface area (Å²) in [6.45, 7) is 2.29. The quantitative estimate of drug-likeness (QED) is 0.293. The van der Waals surface area contributed by atoms with Gasteiger partial charge in [0, 0.05) is 0 Å². The number of benzene rings is 1. The van der Waals surface area contributed by atoms with Crippen molar-refractivity contribution < 1.29 is 19.2 Å². The molecular formula is C20H37O4P. The van der Waals surface area contributed by atoms with Crippen molar-refractivity contribution in [2.45, 2.75) is 90.4 Å². The summed E-state index contributed by atoms with van der Waals surface area (Å²) < 4.78 is 8.88. The first-order valence-corrected chi connectivity index (χ1v) is 11.3. The molecule has 0 heterocycles. The summed E-state index contributed by atoms with van der Waals surface area (Å²) in [4.78, 5) is 21.6. The molecule has 0 radical (unpaired) electrons. The van der Waals surface area contributed by atoms with E-state index in [0.717, 1.165) is 0 Å². The smallest absolute Gasteiger partial charge is 0.303 e. The van der Waals surface area contributed by atoms with Crippen molar-refractivity contribution in [2.75, 3.05) is 0 Å². The van der Waals surface area contributed by atoms with E-state index in [4.69, 9.17) is 19.2 Å². The molecule has 0 aliphatic carbocycles. The van der Waals surface area contributed by atoms with Gasteiger partial charge in [-0.1, -0.05) is 108 Å². The lowest BCUT2D eigenvalue weighted by atomic mass is 10.0. The first kappa shape index (κ1) is 24.3. The van der Waals surface area contributed by atoms with Gasteiger partial charge in [0.15, 0.2) is 0 Å². The maximum atomic E-state index is 8.88. The summed E-state index contributed by atoms with van der Waals surface area (Å²) in [6, 6.07) is 10.9. The number of unbranched alkanes of at least 4 members (excludes halogenated alkanes) is 11. The van der Waals surface area contributed by atoms with Crippen molar-refractivity contribution in [2.24, 2.45) is 0 Å². The van der Waals surface area contributed by atoms with Crippen LogP contribution in [-0.4, -0.2) is 14.7 Å². The zero-order valence-corrected chi connectivity index (χ0v) is 16.7. The average Bonchev–Trinajstić information content (AvgIpc) is 2.55. The largest absolute Gasteiger partial charge is 0.466 e. The maximum absolute atomic E-state index is 8.88. The highest BCUT2D eigenvalue weighted by Gasteiger charge is 2.00. The van der Waals surface area contributed by atoms with E-state index in [1.165, 1.54) is 89.0 Å². The Balaban J connectivity index is 0.00000101. The fraction of sp³-hybridized carbons (Fsp3) is 0.700. The molecule has 0 aliphatic heterocycles. The molecule has 0 saturated carbocycles. The predicted octanol–water partition coefficient (Wildman–Crippen LogP) is 6.00. The summed E-state index contributed by atoms with van der Waals surface area (Å²) >= 11 is 0. The molecule has 146 valence electrons. The highest BCUT2D eigenvalue weighted by molar-refractivity contribution is 7.45. The Morgan fingerprint density at radius 2 is 1.04 bits per heavy atom. The van der Waals surface area contributed by atoms with Crippen LogP contribution in [0.3, 0.4) is 0 Å². The fourth-order valence-corrected chi connectivity index (χ4v) is 2.81. The molecule has 0 amide bonds. The Hall–Kier alpha value is -0.670. The summed E-state index contributed by atoms with van der Waals surface area (Å²) in [5.74, 6) is 0. The van der Waals surface area contributed by atoms with Crippen LogP contribution in [0.25, 0.3) is 0 Å². The normalized spacial score (nSPS) is 11.0. The minimum absolute atomic E-state index is 1.26. The number of rotatable bonds is 13. The Morgan fingerprint density at radius 1 is 0.680 bits per heavy atom. The van der Waals surface area contributed by atoms with Crippen molar-refractivity contribution >= 4 is 7.82 Å². The molecule has 4 nitrogen and oxygen atoms in total. The van der Waals surface area contributed by atoms with Gasteiger partial charge in [0.25, 0.3) is 0 Å². The summed E-state index contributed by atoms with van der Waals surface area (Å²) in [5, 5.41) is 0. The standard InChI is InChI=1S/C20H34.H3O4P/c1-2-3-4-5-6-7-8-9-10-11-12-14-17-20-18-15-13-16-19-20;1-5(2,3)4/h13,15-16,18-19H,2-12,14,17H2,1H3;(H3,1,2,3,4). The lowest BCUT2D eigenvalue weighted by Crippen LogP contribution is -1.86. The molecule has 0 unspecified atom stereocenters. The van der Waals surface area contributed by atoms with Gasteiger partial charge in [-0.15, -0.1) is 0 Å². The molecule has 1 aromatic rings. The molecule has 0 spiro atoms. The third kappa shape index (κ3) is 23.3. The average molecular weight is 372 g/mol. The molecule has 0 saturated heterocycles. The molecule has 3 N–H and O–H groups in total. The van der Waals surface area contributed by atoms with E-state index in [9.17, 15) is 0 Å². The van der Waals surface area contributed by atoms with Gasteiger partial charge in [-0.05, 0) is 18.4 Å². The van der Waals surface area contributed by atoms with Crippen molar-refractivity contribution in [1.82, 2.24) is 0 Å². The minimum Gasteiger partial charge on any atom is -0.303 e. The monoisotopic (exact) mass is 372 g/mol. The van der Waals surface area contributed by atoms with E-state index >= 15 is 0 Å². The number of phosphoric acid groups is 1. The van der Waals surface area contributed by atoms with Gasteiger partial charge in [0.1, 0.15) is 0 Å². The van der Waals surface area contributed by atoms with Gasteiger partial charge >= 0.3 is 7.82 Å². The van der Waals surface area contributed by atoms with Gasteiger partial charge in [-0.2, -0.15) is 0 Å². The summed E-state index contributed by atoms with van der Waals surface area (Å²) in [5.41, 5.74) is 1.50. The van der Waals surface area contributed by atoms with Gasteiger partial charge in [0.2, 0.25) is 0 Å². The van der Waals surface area contributed by atoms with Crippen LogP contribution in [0.15, 0.2) is 30.3 Å². The lowest BCUT2D eigenvalue weighted by molar-refractivity contribution is 0.275. The second-order valence-electron chi connectivity index (χ2n) is 6.64. The second kappa shape index (κ2) is 16.8. The number of aryl methyl sites for hydroxylation is 1. The molecule has 0 aromatic heterocycles. The molecular weight excluding hydrogens is 335 g/mol. The molecule has 25 heavy (non-hydrogen) atoms. The SMILES string of the molecule is CCCCCCCCCCCCCCc1ccccc1.O=P(O)(O)O. The molecule has 0 bridgehead atoms. The Kier molecular flexibility index (Phi) is 16.3.